The van der Waals surface area contributed by atoms with Crippen LogP contribution in [0.2, 0.25) is 0 Å². The Morgan fingerprint density at radius 1 is 0.571 bits per heavy atom. The molecule has 0 bridgehead atoms. The average Bonchev–Trinajstić information content (AvgIpc) is 2.66. The normalized spacial score (nSPS) is 12.5. The van der Waals surface area contributed by atoms with Crippen LogP contribution >= 0.6 is 0 Å². The molecule has 0 aromatic carbocycles. The SMILES string of the molecule is CC(C)(CNCCCCNC(=O)OCC(C)(C)CNC(=O)OC(C)(C)C)CNC(=O)OC(C)(C)C. The first-order valence-electron chi connectivity index (χ1n) is 12.4. The first-order valence-corrected chi connectivity index (χ1v) is 12.4. The third-order valence-electron chi connectivity index (χ3n) is 4.47. The van der Waals surface area contributed by atoms with Crippen LogP contribution in [0.15, 0.2) is 0 Å². The van der Waals surface area contributed by atoms with Crippen LogP contribution in [0.5, 0.6) is 0 Å². The predicted molar refractivity (Wildman–Crippen MR) is 137 cm³/mol. The van der Waals surface area contributed by atoms with Gasteiger partial charge in [-0.15, -0.1) is 0 Å². The molecule has 0 aliphatic carbocycles. The summed E-state index contributed by atoms with van der Waals surface area (Å²) in [5.74, 6) is 0. The molecular formula is C25H50N4O6. The fourth-order valence-corrected chi connectivity index (χ4v) is 2.67. The highest BCUT2D eigenvalue weighted by atomic mass is 16.6. The molecule has 0 heterocycles. The number of alkyl carbamates (subject to hydrolysis) is 3. The Bertz CT molecular complexity index is 666. The number of carbonyl (C=O) groups excluding carboxylic acids is 3. The lowest BCUT2D eigenvalue weighted by Gasteiger charge is -2.27. The highest BCUT2D eigenvalue weighted by Crippen LogP contribution is 2.15. The van der Waals surface area contributed by atoms with E-state index >= 15 is 0 Å². The quantitative estimate of drug-likeness (QED) is 0.220. The minimum absolute atomic E-state index is 0.121. The molecule has 0 spiro atoms. The molecule has 0 rings (SSSR count). The molecule has 4 N–H and O–H groups in total. The predicted octanol–water partition coefficient (Wildman–Crippen LogP) is 4.18. The van der Waals surface area contributed by atoms with E-state index < -0.39 is 34.9 Å². The summed E-state index contributed by atoms with van der Waals surface area (Å²) in [5, 5.41) is 11.6. The standard InChI is InChI=1S/C25H50N4O6/c1-22(2,3)34-20(31)28-16-24(7,8)15-26-13-11-12-14-27-19(30)33-18-25(9,10)17-29-21(32)35-23(4,5)6/h26H,11-18H2,1-10H3,(H,27,30)(H,28,31)(H,29,32). The molecule has 10 nitrogen and oxygen atoms in total. The van der Waals surface area contributed by atoms with Crippen LogP contribution in [0, 0.1) is 10.8 Å². The molecule has 0 saturated heterocycles. The summed E-state index contributed by atoms with van der Waals surface area (Å²) in [6.07, 6.45) is 0.318. The maximum Gasteiger partial charge on any atom is 0.407 e. The summed E-state index contributed by atoms with van der Waals surface area (Å²) in [7, 11) is 0. The Labute approximate surface area is 212 Å². The Balaban J connectivity index is 3.92. The van der Waals surface area contributed by atoms with Gasteiger partial charge in [0.1, 0.15) is 11.2 Å². The summed E-state index contributed by atoms with van der Waals surface area (Å²) in [5.41, 5.74) is -1.62. The van der Waals surface area contributed by atoms with E-state index in [4.69, 9.17) is 14.2 Å². The highest BCUT2D eigenvalue weighted by molar-refractivity contribution is 5.68. The van der Waals surface area contributed by atoms with Crippen molar-refractivity contribution >= 4 is 18.3 Å². The topological polar surface area (TPSA) is 127 Å². The minimum atomic E-state index is -0.560. The van der Waals surface area contributed by atoms with E-state index in [2.05, 4.69) is 35.1 Å². The van der Waals surface area contributed by atoms with Crippen molar-refractivity contribution in [2.24, 2.45) is 10.8 Å². The first-order chi connectivity index (χ1) is 15.8. The van der Waals surface area contributed by atoms with E-state index in [1.165, 1.54) is 0 Å². The molecule has 35 heavy (non-hydrogen) atoms. The molecule has 0 fully saturated rings. The Morgan fingerprint density at radius 3 is 1.51 bits per heavy atom. The third kappa shape index (κ3) is 20.8. The number of rotatable bonds is 13. The molecule has 206 valence electrons. The molecule has 0 aliphatic heterocycles. The molecule has 0 saturated carbocycles. The van der Waals surface area contributed by atoms with Gasteiger partial charge < -0.3 is 35.5 Å². The van der Waals surface area contributed by atoms with E-state index in [1.807, 2.05) is 34.6 Å². The second-order valence-electron chi connectivity index (χ2n) is 12.4. The Hall–Kier alpha value is -2.23. The van der Waals surface area contributed by atoms with Crippen molar-refractivity contribution in [3.8, 4) is 0 Å². The third-order valence-corrected chi connectivity index (χ3v) is 4.47. The molecule has 0 unspecified atom stereocenters. The molecule has 0 atom stereocenters. The molecule has 3 amide bonds. The summed E-state index contributed by atoms with van der Waals surface area (Å²) in [6, 6.07) is 0. The van der Waals surface area contributed by atoms with Crippen molar-refractivity contribution in [1.29, 1.82) is 0 Å². The van der Waals surface area contributed by atoms with Crippen molar-refractivity contribution in [3.05, 3.63) is 0 Å². The molecular weight excluding hydrogens is 452 g/mol. The second kappa shape index (κ2) is 14.4. The van der Waals surface area contributed by atoms with Crippen LogP contribution in [0.25, 0.3) is 0 Å². The fourth-order valence-electron chi connectivity index (χ4n) is 2.67. The zero-order valence-corrected chi connectivity index (χ0v) is 23.6. The number of carbonyl (C=O) groups is 3. The molecule has 10 heteroatoms. The number of nitrogens with one attached hydrogen (secondary N) is 4. The summed E-state index contributed by atoms with van der Waals surface area (Å²) in [6.45, 7) is 21.9. The van der Waals surface area contributed by atoms with Gasteiger partial charge in [-0.3, -0.25) is 0 Å². The lowest BCUT2D eigenvalue weighted by molar-refractivity contribution is 0.0472. The number of unbranched alkanes of at least 4 members (excludes halogenated alkanes) is 1. The van der Waals surface area contributed by atoms with E-state index in [0.29, 0.717) is 19.6 Å². The van der Waals surface area contributed by atoms with Crippen LogP contribution < -0.4 is 21.3 Å². The zero-order chi connectivity index (χ0) is 27.3. The van der Waals surface area contributed by atoms with Gasteiger partial charge in [0.25, 0.3) is 0 Å². The van der Waals surface area contributed by atoms with Crippen molar-refractivity contribution in [1.82, 2.24) is 21.3 Å². The molecule has 0 aliphatic rings. The van der Waals surface area contributed by atoms with Gasteiger partial charge in [0.15, 0.2) is 0 Å². The van der Waals surface area contributed by atoms with Gasteiger partial charge in [-0.25, -0.2) is 14.4 Å². The van der Waals surface area contributed by atoms with Gasteiger partial charge in [-0.2, -0.15) is 0 Å². The van der Waals surface area contributed by atoms with Gasteiger partial charge in [0.2, 0.25) is 0 Å². The van der Waals surface area contributed by atoms with Crippen LogP contribution in [0.1, 0.15) is 82.1 Å². The van der Waals surface area contributed by atoms with Crippen molar-refractivity contribution in [2.75, 3.05) is 39.3 Å². The highest BCUT2D eigenvalue weighted by Gasteiger charge is 2.24. The average molecular weight is 503 g/mol. The van der Waals surface area contributed by atoms with E-state index in [1.54, 1.807) is 20.8 Å². The second-order valence-corrected chi connectivity index (χ2v) is 12.4. The summed E-state index contributed by atoms with van der Waals surface area (Å²) in [4.78, 5) is 35.5. The lowest BCUT2D eigenvalue weighted by Crippen LogP contribution is -2.42. The number of amides is 3. The van der Waals surface area contributed by atoms with E-state index in [-0.39, 0.29) is 12.0 Å². The van der Waals surface area contributed by atoms with Crippen LogP contribution in [0.4, 0.5) is 14.4 Å². The van der Waals surface area contributed by atoms with Crippen LogP contribution in [-0.2, 0) is 14.2 Å². The van der Waals surface area contributed by atoms with Gasteiger partial charge in [0.05, 0.1) is 6.61 Å². The first kappa shape index (κ1) is 32.8. The van der Waals surface area contributed by atoms with E-state index in [0.717, 1.165) is 25.9 Å². The smallest absolute Gasteiger partial charge is 0.407 e. The van der Waals surface area contributed by atoms with Gasteiger partial charge in [0, 0.05) is 31.6 Å². The molecule has 0 aromatic heterocycles. The van der Waals surface area contributed by atoms with Crippen molar-refractivity contribution in [3.63, 3.8) is 0 Å². The summed E-state index contributed by atoms with van der Waals surface area (Å²) < 4.78 is 15.8. The van der Waals surface area contributed by atoms with Gasteiger partial charge >= 0.3 is 18.3 Å². The monoisotopic (exact) mass is 502 g/mol. The van der Waals surface area contributed by atoms with Gasteiger partial charge in [-0.05, 0) is 66.3 Å². The fraction of sp³-hybridized carbons (Fsp3) is 0.880. The maximum atomic E-state index is 11.9. The zero-order valence-electron chi connectivity index (χ0n) is 23.6. The van der Waals surface area contributed by atoms with Crippen LogP contribution in [-0.4, -0.2) is 68.8 Å². The number of hydrogen-bond donors (Lipinski definition) is 4. The lowest BCUT2D eigenvalue weighted by atomic mass is 9.93. The van der Waals surface area contributed by atoms with Crippen LogP contribution in [0.3, 0.4) is 0 Å². The number of ether oxygens (including phenoxy) is 3. The van der Waals surface area contributed by atoms with Crippen molar-refractivity contribution < 1.29 is 28.6 Å². The Morgan fingerprint density at radius 2 is 1.03 bits per heavy atom. The largest absolute Gasteiger partial charge is 0.449 e. The van der Waals surface area contributed by atoms with Gasteiger partial charge in [-0.1, -0.05) is 27.7 Å². The minimum Gasteiger partial charge on any atom is -0.449 e. The van der Waals surface area contributed by atoms with E-state index in [9.17, 15) is 14.4 Å². The Kier molecular flexibility index (Phi) is 13.4. The molecule has 0 radical (unpaired) electrons. The van der Waals surface area contributed by atoms with Crippen molar-refractivity contribution in [2.45, 2.75) is 93.3 Å². The number of hydrogen-bond acceptors (Lipinski definition) is 7. The maximum absolute atomic E-state index is 11.9. The summed E-state index contributed by atoms with van der Waals surface area (Å²) >= 11 is 0. The molecule has 0 aromatic rings.